The maximum atomic E-state index is 11.8. The van der Waals surface area contributed by atoms with E-state index in [-0.39, 0.29) is 24.6 Å². The van der Waals surface area contributed by atoms with E-state index in [1.807, 2.05) is 0 Å². The Bertz CT molecular complexity index is 769. The maximum Gasteiger partial charge on any atom is 0.336 e. The van der Waals surface area contributed by atoms with Crippen LogP contribution in [0.4, 0.5) is 0 Å². The molecule has 1 atom stereocenters. The van der Waals surface area contributed by atoms with E-state index in [9.17, 15) is 19.2 Å². The van der Waals surface area contributed by atoms with Crippen LogP contribution in [0.5, 0.6) is 11.5 Å². The van der Waals surface area contributed by atoms with Crippen molar-refractivity contribution in [2.45, 2.75) is 32.2 Å². The highest BCUT2D eigenvalue weighted by Gasteiger charge is 2.35. The summed E-state index contributed by atoms with van der Waals surface area (Å²) in [5, 5.41) is 20.3. The van der Waals surface area contributed by atoms with Gasteiger partial charge in [0.05, 0.1) is 13.1 Å². The zero-order valence-corrected chi connectivity index (χ0v) is 16.8. The van der Waals surface area contributed by atoms with Crippen LogP contribution in [0, 0.1) is 0 Å². The van der Waals surface area contributed by atoms with Gasteiger partial charge in [-0.2, -0.15) is 0 Å². The zero-order chi connectivity index (χ0) is 22.7. The van der Waals surface area contributed by atoms with E-state index in [0.717, 1.165) is 12.5 Å². The van der Waals surface area contributed by atoms with E-state index >= 15 is 0 Å². The molecule has 7 N–H and O–H groups in total. The number of nitrogens with zero attached hydrogens (tertiary/aromatic N) is 1. The predicted molar refractivity (Wildman–Crippen MR) is 106 cm³/mol. The number of phenolic OH excluding ortho intramolecular Hbond substituents is 2. The Morgan fingerprint density at radius 2 is 1.90 bits per heavy atom. The Labute approximate surface area is 174 Å². The minimum Gasteiger partial charge on any atom is -0.504 e. The highest BCUT2D eigenvalue weighted by atomic mass is 16.6. The van der Waals surface area contributed by atoms with Crippen LogP contribution in [-0.2, 0) is 30.3 Å². The highest BCUT2D eigenvalue weighted by Crippen LogP contribution is 2.24. The number of nitrogens with two attached hydrogens (primary N) is 2. The van der Waals surface area contributed by atoms with Gasteiger partial charge in [0, 0.05) is 13.5 Å². The van der Waals surface area contributed by atoms with Gasteiger partial charge in [-0.15, -0.1) is 0 Å². The van der Waals surface area contributed by atoms with E-state index in [1.165, 1.54) is 17.0 Å². The molecule has 2 amide bonds. The summed E-state index contributed by atoms with van der Waals surface area (Å²) in [4.78, 5) is 46.4. The summed E-state index contributed by atoms with van der Waals surface area (Å²) in [7, 11) is 0. The Morgan fingerprint density at radius 1 is 1.20 bits per heavy atom. The average Bonchev–Trinajstić information content (AvgIpc) is 3.19. The van der Waals surface area contributed by atoms with Crippen LogP contribution < -0.4 is 16.8 Å². The number of aromatic hydroxyl groups is 2. The number of likely N-dealkylation sites (tertiary alicyclic amines) is 1. The first-order chi connectivity index (χ1) is 14.2. The molecule has 1 aromatic rings. The van der Waals surface area contributed by atoms with Gasteiger partial charge in [-0.25, -0.2) is 4.79 Å². The minimum absolute atomic E-state index is 0.0871. The number of hydrogen-bond acceptors (Lipinski definition) is 9. The Hall–Kier alpha value is -3.18. The second kappa shape index (κ2) is 12.4. The number of ether oxygens (including phenoxy) is 1. The molecule has 1 saturated heterocycles. The van der Waals surface area contributed by atoms with Gasteiger partial charge in [-0.3, -0.25) is 14.4 Å². The molecule has 0 radical (unpaired) electrons. The smallest absolute Gasteiger partial charge is 0.336 e. The number of phenols is 2. The van der Waals surface area contributed by atoms with Crippen LogP contribution in [-0.4, -0.2) is 71.1 Å². The van der Waals surface area contributed by atoms with Crippen LogP contribution >= 0.6 is 0 Å². The van der Waals surface area contributed by atoms with Crippen molar-refractivity contribution in [2.24, 2.45) is 11.5 Å². The largest absolute Gasteiger partial charge is 0.504 e. The summed E-state index contributed by atoms with van der Waals surface area (Å²) in [6.45, 7) is 1.64. The van der Waals surface area contributed by atoms with Gasteiger partial charge in [0.2, 0.25) is 11.8 Å². The molecule has 1 fully saturated rings. The molecule has 2 rings (SSSR count). The van der Waals surface area contributed by atoms with Crippen molar-refractivity contribution in [3.8, 4) is 11.5 Å². The first-order valence-corrected chi connectivity index (χ1v) is 9.39. The molecule has 166 valence electrons. The molecule has 30 heavy (non-hydrogen) atoms. The lowest BCUT2D eigenvalue weighted by atomic mass is 10.1. The number of rotatable bonds is 6. The van der Waals surface area contributed by atoms with E-state index in [0.29, 0.717) is 32.4 Å². The first-order valence-electron chi connectivity index (χ1n) is 9.39. The molecule has 0 aromatic heterocycles. The summed E-state index contributed by atoms with van der Waals surface area (Å²) >= 11 is 0. The van der Waals surface area contributed by atoms with Crippen molar-refractivity contribution in [3.05, 3.63) is 23.8 Å². The number of hydrogen-bond donors (Lipinski definition) is 5. The van der Waals surface area contributed by atoms with Gasteiger partial charge in [-0.1, -0.05) is 6.07 Å². The summed E-state index contributed by atoms with van der Waals surface area (Å²) < 4.78 is 4.48. The third-order valence-corrected chi connectivity index (χ3v) is 4.18. The number of benzene rings is 1. The first kappa shape index (κ1) is 24.9. The van der Waals surface area contributed by atoms with Crippen LogP contribution in [0.25, 0.3) is 0 Å². The molecule has 1 aliphatic rings. The van der Waals surface area contributed by atoms with Gasteiger partial charge >= 0.3 is 11.9 Å². The quantitative estimate of drug-likeness (QED) is 0.211. The Balaban J connectivity index is 0.000000346. The third-order valence-electron chi connectivity index (χ3n) is 4.18. The molecule has 1 heterocycles. The lowest BCUT2D eigenvalue weighted by molar-refractivity contribution is -0.163. The van der Waals surface area contributed by atoms with E-state index in [1.54, 1.807) is 6.07 Å². The number of nitrogens with one attached hydrogen (secondary N) is 1. The lowest BCUT2D eigenvalue weighted by Gasteiger charge is -2.22. The van der Waals surface area contributed by atoms with Gasteiger partial charge < -0.3 is 36.6 Å². The maximum absolute atomic E-state index is 11.8. The summed E-state index contributed by atoms with van der Waals surface area (Å²) in [5.41, 5.74) is 11.3. The molecule has 0 unspecified atom stereocenters. The molecule has 11 heteroatoms. The van der Waals surface area contributed by atoms with E-state index in [4.69, 9.17) is 21.7 Å². The fraction of sp³-hybridized carbons (Fsp3) is 0.474. The molecule has 11 nitrogen and oxygen atoms in total. The second-order valence-electron chi connectivity index (χ2n) is 6.50. The second-order valence-corrected chi connectivity index (χ2v) is 6.50. The molecule has 0 saturated carbocycles. The van der Waals surface area contributed by atoms with Crippen LogP contribution in [0.15, 0.2) is 18.2 Å². The van der Waals surface area contributed by atoms with Crippen LogP contribution in [0.1, 0.15) is 25.3 Å². The van der Waals surface area contributed by atoms with Gasteiger partial charge in [0.25, 0.3) is 0 Å². The molecular formula is C19H28N4O7. The number of carbonyl (C=O) groups excluding carboxylic acids is 4. The fourth-order valence-corrected chi connectivity index (χ4v) is 2.76. The molecule has 0 bridgehead atoms. The summed E-state index contributed by atoms with van der Waals surface area (Å²) in [6, 6.07) is 3.95. The number of esters is 2. The number of carbonyl (C=O) groups is 4. The fourth-order valence-electron chi connectivity index (χ4n) is 2.76. The standard InChI is InChI=1S/C11H17N3O5.C8H11NO2/c1-7(15)19-11(18)8-3-2-4-14(8)10(17)6-13-9(16)5-12;9-4-3-6-1-2-7(10)8(11)5-6/h8H,2-6,12H2,1H3,(H,13,16);1-2,5,10-11H,3-4,9H2/t8-;/m0./s1. The van der Waals surface area contributed by atoms with Crippen molar-refractivity contribution >= 4 is 23.8 Å². The topological polar surface area (TPSA) is 185 Å². The molecular weight excluding hydrogens is 396 g/mol. The van der Waals surface area contributed by atoms with Crippen LogP contribution in [0.2, 0.25) is 0 Å². The lowest BCUT2D eigenvalue weighted by Crippen LogP contribution is -2.47. The van der Waals surface area contributed by atoms with Crippen molar-refractivity contribution < 1.29 is 34.1 Å². The van der Waals surface area contributed by atoms with Crippen molar-refractivity contribution in [2.75, 3.05) is 26.2 Å². The summed E-state index contributed by atoms with van der Waals surface area (Å²) in [5.74, 6) is -2.47. The molecule has 0 spiro atoms. The SMILES string of the molecule is CC(=O)OC(=O)[C@@H]1CCCN1C(=O)CNC(=O)CN.NCCc1ccc(O)c(O)c1. The Kier molecular flexibility index (Phi) is 10.3. The van der Waals surface area contributed by atoms with Gasteiger partial charge in [0.15, 0.2) is 11.5 Å². The van der Waals surface area contributed by atoms with Crippen molar-refractivity contribution in [1.29, 1.82) is 0 Å². The highest BCUT2D eigenvalue weighted by molar-refractivity contribution is 5.92. The number of amides is 2. The Morgan fingerprint density at radius 3 is 2.47 bits per heavy atom. The predicted octanol–water partition coefficient (Wildman–Crippen LogP) is -1.26. The molecule has 0 aliphatic carbocycles. The molecule has 1 aliphatic heterocycles. The van der Waals surface area contributed by atoms with Crippen molar-refractivity contribution in [1.82, 2.24) is 10.2 Å². The van der Waals surface area contributed by atoms with Crippen LogP contribution in [0.3, 0.4) is 0 Å². The minimum atomic E-state index is -0.758. The normalized spacial score (nSPS) is 15.0. The van der Waals surface area contributed by atoms with Gasteiger partial charge in [-0.05, 0) is 43.5 Å². The summed E-state index contributed by atoms with van der Waals surface area (Å²) in [6.07, 6.45) is 1.81. The van der Waals surface area contributed by atoms with E-state index < -0.39 is 29.8 Å². The monoisotopic (exact) mass is 424 g/mol. The third kappa shape index (κ3) is 8.05. The zero-order valence-electron chi connectivity index (χ0n) is 16.8. The molecule has 1 aromatic carbocycles. The van der Waals surface area contributed by atoms with E-state index in [2.05, 4.69) is 10.1 Å². The average molecular weight is 424 g/mol. The van der Waals surface area contributed by atoms with Gasteiger partial charge in [0.1, 0.15) is 6.04 Å². The van der Waals surface area contributed by atoms with Crippen molar-refractivity contribution in [3.63, 3.8) is 0 Å².